The molecule has 0 N–H and O–H groups in total. The molecule has 0 unspecified atom stereocenters. The standard InChI is InChI=1S/C22H19NO2S/c1-16-9-12-20(13-10-16)26(24,25)23-21-14-17(2)8-11-19(21)15-22(23)18-6-4-3-5-7-18/h3-15H,1-2H3. The summed E-state index contributed by atoms with van der Waals surface area (Å²) in [5.74, 6) is 0. The Morgan fingerprint density at radius 1 is 0.731 bits per heavy atom. The van der Waals surface area contributed by atoms with Crippen LogP contribution < -0.4 is 0 Å². The molecule has 1 heterocycles. The van der Waals surface area contributed by atoms with Gasteiger partial charge in [-0.3, -0.25) is 0 Å². The Hall–Kier alpha value is -2.85. The molecule has 0 aliphatic rings. The van der Waals surface area contributed by atoms with E-state index in [0.717, 1.165) is 22.1 Å². The van der Waals surface area contributed by atoms with Crippen molar-refractivity contribution in [2.75, 3.05) is 0 Å². The van der Waals surface area contributed by atoms with Crippen molar-refractivity contribution >= 4 is 20.9 Å². The van der Waals surface area contributed by atoms with Gasteiger partial charge in [-0.25, -0.2) is 12.4 Å². The van der Waals surface area contributed by atoms with Gasteiger partial charge in [-0.1, -0.05) is 60.2 Å². The van der Waals surface area contributed by atoms with Gasteiger partial charge in [0.05, 0.1) is 16.1 Å². The first-order valence-corrected chi connectivity index (χ1v) is 9.90. The largest absolute Gasteiger partial charge is 0.268 e. The van der Waals surface area contributed by atoms with Crippen LogP contribution in [0.4, 0.5) is 0 Å². The predicted octanol–water partition coefficient (Wildman–Crippen LogP) is 5.16. The highest BCUT2D eigenvalue weighted by Crippen LogP contribution is 2.32. The maximum atomic E-state index is 13.5. The molecule has 3 nitrogen and oxygen atoms in total. The van der Waals surface area contributed by atoms with E-state index in [4.69, 9.17) is 0 Å². The lowest BCUT2D eigenvalue weighted by Crippen LogP contribution is -2.14. The summed E-state index contributed by atoms with van der Waals surface area (Å²) in [6.45, 7) is 3.91. The lowest BCUT2D eigenvalue weighted by atomic mass is 10.1. The smallest absolute Gasteiger partial charge is 0.233 e. The summed E-state index contributed by atoms with van der Waals surface area (Å²) in [5, 5.41) is 0.908. The van der Waals surface area contributed by atoms with Gasteiger partial charge < -0.3 is 0 Å². The third kappa shape index (κ3) is 2.72. The zero-order chi connectivity index (χ0) is 18.3. The van der Waals surface area contributed by atoms with Crippen LogP contribution in [0.1, 0.15) is 11.1 Å². The number of hydrogen-bond donors (Lipinski definition) is 0. The molecule has 0 atom stereocenters. The lowest BCUT2D eigenvalue weighted by Gasteiger charge is -2.13. The SMILES string of the molecule is Cc1ccc(S(=O)(=O)n2c(-c3ccccc3)cc3ccc(C)cc32)cc1. The van der Waals surface area contributed by atoms with Crippen LogP contribution in [-0.2, 0) is 10.0 Å². The van der Waals surface area contributed by atoms with E-state index in [0.29, 0.717) is 16.1 Å². The molecule has 0 aliphatic carbocycles. The Morgan fingerprint density at radius 2 is 1.38 bits per heavy atom. The van der Waals surface area contributed by atoms with Gasteiger partial charge in [0.25, 0.3) is 10.0 Å². The maximum absolute atomic E-state index is 13.5. The number of aromatic nitrogens is 1. The quantitative estimate of drug-likeness (QED) is 0.505. The van der Waals surface area contributed by atoms with E-state index >= 15 is 0 Å². The summed E-state index contributed by atoms with van der Waals surface area (Å²) >= 11 is 0. The van der Waals surface area contributed by atoms with Gasteiger partial charge in [0.1, 0.15) is 0 Å². The summed E-state index contributed by atoms with van der Waals surface area (Å²) in [4.78, 5) is 0.291. The van der Waals surface area contributed by atoms with Crippen molar-refractivity contribution < 1.29 is 8.42 Å². The van der Waals surface area contributed by atoms with Crippen molar-refractivity contribution in [2.45, 2.75) is 18.7 Å². The minimum absolute atomic E-state index is 0.291. The summed E-state index contributed by atoms with van der Waals surface area (Å²) < 4.78 is 28.4. The monoisotopic (exact) mass is 361 g/mol. The molecule has 1 aromatic heterocycles. The lowest BCUT2D eigenvalue weighted by molar-refractivity contribution is 0.589. The molecule has 0 aliphatic heterocycles. The Bertz CT molecular complexity index is 1190. The van der Waals surface area contributed by atoms with Gasteiger partial charge >= 0.3 is 0 Å². The van der Waals surface area contributed by atoms with Crippen LogP contribution in [0.15, 0.2) is 83.8 Å². The maximum Gasteiger partial charge on any atom is 0.268 e. The second-order valence-corrected chi connectivity index (χ2v) is 8.33. The van der Waals surface area contributed by atoms with Crippen molar-refractivity contribution in [1.82, 2.24) is 3.97 Å². The second-order valence-electron chi connectivity index (χ2n) is 6.54. The molecule has 4 aromatic rings. The zero-order valence-electron chi connectivity index (χ0n) is 14.7. The number of benzene rings is 3. The second kappa shape index (κ2) is 6.15. The van der Waals surface area contributed by atoms with Crippen LogP contribution >= 0.6 is 0 Å². The highest BCUT2D eigenvalue weighted by molar-refractivity contribution is 7.90. The number of hydrogen-bond acceptors (Lipinski definition) is 2. The number of fused-ring (bicyclic) bond motifs is 1. The molecule has 3 aromatic carbocycles. The van der Waals surface area contributed by atoms with E-state index in [9.17, 15) is 8.42 Å². The molecule has 4 heteroatoms. The van der Waals surface area contributed by atoms with Crippen LogP contribution in [-0.4, -0.2) is 12.4 Å². The van der Waals surface area contributed by atoms with E-state index in [-0.39, 0.29) is 0 Å². The van der Waals surface area contributed by atoms with Crippen LogP contribution in [0.2, 0.25) is 0 Å². The molecule has 0 radical (unpaired) electrons. The fourth-order valence-electron chi connectivity index (χ4n) is 3.17. The minimum atomic E-state index is -3.72. The van der Waals surface area contributed by atoms with Crippen LogP contribution in [0, 0.1) is 13.8 Å². The molecule has 0 bridgehead atoms. The highest BCUT2D eigenvalue weighted by atomic mass is 32.2. The molecular weight excluding hydrogens is 342 g/mol. The first kappa shape index (κ1) is 16.6. The summed E-state index contributed by atoms with van der Waals surface area (Å²) in [6, 6.07) is 24.4. The molecule has 26 heavy (non-hydrogen) atoms. The van der Waals surface area contributed by atoms with Crippen molar-refractivity contribution in [3.8, 4) is 11.3 Å². The van der Waals surface area contributed by atoms with E-state index in [2.05, 4.69) is 0 Å². The van der Waals surface area contributed by atoms with E-state index in [1.165, 1.54) is 3.97 Å². The molecule has 0 fully saturated rings. The Kier molecular flexibility index (Phi) is 3.93. The topological polar surface area (TPSA) is 39.1 Å². The molecule has 130 valence electrons. The van der Waals surface area contributed by atoms with E-state index in [1.54, 1.807) is 12.1 Å². The third-order valence-electron chi connectivity index (χ3n) is 4.54. The fourth-order valence-corrected chi connectivity index (χ4v) is 4.70. The first-order chi connectivity index (χ1) is 12.5. The van der Waals surface area contributed by atoms with Gasteiger partial charge in [0.2, 0.25) is 0 Å². The fraction of sp³-hybridized carbons (Fsp3) is 0.0909. The van der Waals surface area contributed by atoms with Crippen LogP contribution in [0.25, 0.3) is 22.2 Å². The number of nitrogens with zero attached hydrogens (tertiary/aromatic N) is 1. The normalized spacial score (nSPS) is 11.8. The summed E-state index contributed by atoms with van der Waals surface area (Å²) in [5.41, 5.74) is 4.30. The minimum Gasteiger partial charge on any atom is -0.233 e. The van der Waals surface area contributed by atoms with Crippen molar-refractivity contribution in [3.05, 3.63) is 90.0 Å². The third-order valence-corrected chi connectivity index (χ3v) is 6.29. The molecule has 0 saturated carbocycles. The Morgan fingerprint density at radius 3 is 2.08 bits per heavy atom. The van der Waals surface area contributed by atoms with Gasteiger partial charge in [-0.2, -0.15) is 0 Å². The van der Waals surface area contributed by atoms with E-state index < -0.39 is 10.0 Å². The van der Waals surface area contributed by atoms with Gasteiger partial charge in [-0.05, 0) is 49.2 Å². The van der Waals surface area contributed by atoms with Crippen LogP contribution in [0.5, 0.6) is 0 Å². The van der Waals surface area contributed by atoms with Crippen molar-refractivity contribution in [2.24, 2.45) is 0 Å². The zero-order valence-corrected chi connectivity index (χ0v) is 15.5. The predicted molar refractivity (Wildman–Crippen MR) is 106 cm³/mol. The molecular formula is C22H19NO2S. The first-order valence-electron chi connectivity index (χ1n) is 8.46. The average molecular weight is 361 g/mol. The molecule has 0 saturated heterocycles. The average Bonchev–Trinajstić information content (AvgIpc) is 3.02. The molecule has 4 rings (SSSR count). The van der Waals surface area contributed by atoms with Crippen LogP contribution in [0.3, 0.4) is 0 Å². The molecule has 0 amide bonds. The summed E-state index contributed by atoms with van der Waals surface area (Å²) in [7, 11) is -3.72. The van der Waals surface area contributed by atoms with E-state index in [1.807, 2.05) is 80.6 Å². The van der Waals surface area contributed by atoms with Crippen molar-refractivity contribution in [1.29, 1.82) is 0 Å². The Balaban J connectivity index is 2.07. The van der Waals surface area contributed by atoms with Gasteiger partial charge in [0.15, 0.2) is 0 Å². The highest BCUT2D eigenvalue weighted by Gasteiger charge is 2.23. The summed E-state index contributed by atoms with van der Waals surface area (Å²) in [6.07, 6.45) is 0. The number of rotatable bonds is 3. The van der Waals surface area contributed by atoms with Crippen molar-refractivity contribution in [3.63, 3.8) is 0 Å². The number of aryl methyl sites for hydroxylation is 2. The Labute approximate surface area is 153 Å². The molecule has 0 spiro atoms. The van der Waals surface area contributed by atoms with Gasteiger partial charge in [-0.15, -0.1) is 0 Å². The van der Waals surface area contributed by atoms with Gasteiger partial charge in [0, 0.05) is 5.39 Å².